The van der Waals surface area contributed by atoms with E-state index in [0.717, 1.165) is 5.56 Å². The molecule has 1 unspecified atom stereocenters. The number of pyridine rings is 2. The van der Waals surface area contributed by atoms with Crippen LogP contribution in [0, 0.1) is 0 Å². The van der Waals surface area contributed by atoms with E-state index in [0.29, 0.717) is 44.5 Å². The van der Waals surface area contributed by atoms with Crippen molar-refractivity contribution < 1.29 is 4.79 Å². The molecule has 0 spiro atoms. The molecule has 1 atom stereocenters. The van der Waals surface area contributed by atoms with Gasteiger partial charge in [-0.25, -0.2) is 9.67 Å². The highest BCUT2D eigenvalue weighted by atomic mass is 35.5. The van der Waals surface area contributed by atoms with Crippen molar-refractivity contribution in [3.63, 3.8) is 0 Å². The van der Waals surface area contributed by atoms with E-state index in [4.69, 9.17) is 28.3 Å². The van der Waals surface area contributed by atoms with Gasteiger partial charge in [-0.3, -0.25) is 9.78 Å². The molecule has 0 saturated heterocycles. The van der Waals surface area contributed by atoms with Crippen molar-refractivity contribution in [2.75, 3.05) is 10.6 Å². The minimum absolute atomic E-state index is 0.339. The van der Waals surface area contributed by atoms with Gasteiger partial charge in [0.15, 0.2) is 5.82 Å². The van der Waals surface area contributed by atoms with Crippen LogP contribution in [0.5, 0.6) is 0 Å². The Bertz CT molecular complexity index is 1370. The van der Waals surface area contributed by atoms with E-state index in [1.807, 2.05) is 18.2 Å². The van der Waals surface area contributed by atoms with Crippen LogP contribution in [0.15, 0.2) is 78.4 Å². The molecule has 3 aromatic heterocycles. The predicted octanol–water partition coefficient (Wildman–Crippen LogP) is 4.97. The average molecular weight is 478 g/mol. The Morgan fingerprint density at radius 2 is 1.97 bits per heavy atom. The maximum atomic E-state index is 13.4. The van der Waals surface area contributed by atoms with Gasteiger partial charge in [0.05, 0.1) is 15.6 Å². The molecule has 1 amide bonds. The molecule has 33 heavy (non-hydrogen) atoms. The van der Waals surface area contributed by atoms with Crippen LogP contribution in [0.25, 0.3) is 11.4 Å². The molecule has 164 valence electrons. The molecule has 1 aliphatic rings. The lowest BCUT2D eigenvalue weighted by molar-refractivity contribution is -0.113. The Morgan fingerprint density at radius 1 is 1.09 bits per heavy atom. The van der Waals surface area contributed by atoms with Gasteiger partial charge in [-0.2, -0.15) is 4.98 Å². The second kappa shape index (κ2) is 8.65. The molecule has 10 heteroatoms. The zero-order valence-electron chi connectivity index (χ0n) is 17.3. The summed E-state index contributed by atoms with van der Waals surface area (Å²) in [5, 5.41) is 11.5. The minimum atomic E-state index is -0.672. The quantitative estimate of drug-likeness (QED) is 0.430. The smallest absolute Gasteiger partial charge is 0.257 e. The number of amides is 1. The van der Waals surface area contributed by atoms with E-state index < -0.39 is 6.04 Å². The summed E-state index contributed by atoms with van der Waals surface area (Å²) in [5.41, 5.74) is 2.40. The van der Waals surface area contributed by atoms with E-state index in [1.54, 1.807) is 60.5 Å². The van der Waals surface area contributed by atoms with Gasteiger partial charge in [-0.1, -0.05) is 41.4 Å². The van der Waals surface area contributed by atoms with Crippen LogP contribution in [-0.2, 0) is 4.79 Å². The van der Waals surface area contributed by atoms with Crippen LogP contribution >= 0.6 is 23.2 Å². The first-order valence-corrected chi connectivity index (χ1v) is 10.8. The van der Waals surface area contributed by atoms with Crippen molar-refractivity contribution >= 4 is 40.9 Å². The number of anilines is 2. The fourth-order valence-electron chi connectivity index (χ4n) is 3.70. The molecule has 0 fully saturated rings. The van der Waals surface area contributed by atoms with E-state index in [1.165, 1.54) is 0 Å². The van der Waals surface area contributed by atoms with Gasteiger partial charge in [0, 0.05) is 35.4 Å². The summed E-state index contributed by atoms with van der Waals surface area (Å²) in [4.78, 5) is 26.4. The van der Waals surface area contributed by atoms with Crippen molar-refractivity contribution in [1.29, 1.82) is 0 Å². The van der Waals surface area contributed by atoms with Gasteiger partial charge in [0.1, 0.15) is 11.9 Å². The Hall–Kier alpha value is -3.75. The molecule has 8 nitrogen and oxygen atoms in total. The largest absolute Gasteiger partial charge is 0.328 e. The molecule has 4 aromatic rings. The third-order valence-corrected chi connectivity index (χ3v) is 6.03. The first kappa shape index (κ1) is 21.1. The Kier molecular flexibility index (Phi) is 5.53. The Morgan fingerprint density at radius 3 is 2.73 bits per heavy atom. The Labute approximate surface area is 199 Å². The number of halogens is 2. The monoisotopic (exact) mass is 477 g/mol. The molecule has 1 aliphatic heterocycles. The molecule has 4 heterocycles. The number of carbonyl (C=O) groups excluding carboxylic acids is 1. The molecular formula is C23H17Cl2N7O. The first-order valence-electron chi connectivity index (χ1n) is 10.0. The van der Waals surface area contributed by atoms with Crippen molar-refractivity contribution in [2.24, 2.45) is 0 Å². The second-order valence-electron chi connectivity index (χ2n) is 7.32. The van der Waals surface area contributed by atoms with Gasteiger partial charge >= 0.3 is 0 Å². The van der Waals surface area contributed by atoms with E-state index >= 15 is 0 Å². The summed E-state index contributed by atoms with van der Waals surface area (Å²) in [6.07, 6.45) is 4.97. The molecular weight excluding hydrogens is 461 g/mol. The van der Waals surface area contributed by atoms with Crippen LogP contribution < -0.4 is 10.6 Å². The van der Waals surface area contributed by atoms with Crippen LogP contribution in [-0.4, -0.2) is 30.6 Å². The first-order chi connectivity index (χ1) is 16.0. The third kappa shape index (κ3) is 3.94. The lowest BCUT2D eigenvalue weighted by Crippen LogP contribution is -2.31. The SMILES string of the molecule is CC1=C(C(=O)Nc2ccccn2)C(c2cccc(Cl)c2Cl)n2nc(-c3cccnc3)nc2N1. The van der Waals surface area contributed by atoms with Gasteiger partial charge < -0.3 is 10.6 Å². The van der Waals surface area contributed by atoms with Crippen molar-refractivity contribution in [3.8, 4) is 11.4 Å². The number of hydrogen-bond donors (Lipinski definition) is 2. The number of nitrogens with zero attached hydrogens (tertiary/aromatic N) is 5. The van der Waals surface area contributed by atoms with Crippen molar-refractivity contribution in [2.45, 2.75) is 13.0 Å². The number of allylic oxidation sites excluding steroid dienone is 1. The third-order valence-electron chi connectivity index (χ3n) is 5.20. The van der Waals surface area contributed by atoms with E-state index in [9.17, 15) is 4.79 Å². The lowest BCUT2D eigenvalue weighted by Gasteiger charge is -2.29. The number of rotatable bonds is 4. The van der Waals surface area contributed by atoms with Crippen LogP contribution in [0.3, 0.4) is 0 Å². The Balaban J connectivity index is 1.65. The normalized spacial score (nSPS) is 15.1. The van der Waals surface area contributed by atoms with Gasteiger partial charge in [0.2, 0.25) is 5.95 Å². The molecule has 0 saturated carbocycles. The average Bonchev–Trinajstić information content (AvgIpc) is 3.25. The number of carbonyl (C=O) groups is 1. The molecule has 2 N–H and O–H groups in total. The van der Waals surface area contributed by atoms with Gasteiger partial charge in [-0.15, -0.1) is 5.10 Å². The molecule has 0 aliphatic carbocycles. The molecule has 0 radical (unpaired) electrons. The molecule has 1 aromatic carbocycles. The predicted molar refractivity (Wildman–Crippen MR) is 127 cm³/mol. The summed E-state index contributed by atoms with van der Waals surface area (Å²) < 4.78 is 1.64. The zero-order chi connectivity index (χ0) is 22.9. The van der Waals surface area contributed by atoms with Crippen LogP contribution in [0.1, 0.15) is 18.5 Å². The van der Waals surface area contributed by atoms with E-state index in [-0.39, 0.29) is 5.91 Å². The standard InChI is InChI=1S/C23H17Cl2N7O/c1-13-18(22(33)29-17-9-2-3-11-27-17)20(15-7-4-8-16(24)19(15)25)32-23(28-13)30-21(31-32)14-6-5-10-26-12-14/h2-12,20H,1H3,(H,27,29,33)(H,28,30,31). The topological polar surface area (TPSA) is 97.6 Å². The summed E-state index contributed by atoms with van der Waals surface area (Å²) in [6.45, 7) is 1.81. The van der Waals surface area contributed by atoms with Crippen molar-refractivity contribution in [3.05, 3.63) is 94.0 Å². The van der Waals surface area contributed by atoms with Crippen LogP contribution in [0.2, 0.25) is 10.0 Å². The van der Waals surface area contributed by atoms with Crippen LogP contribution in [0.4, 0.5) is 11.8 Å². The summed E-state index contributed by atoms with van der Waals surface area (Å²) >= 11 is 12.9. The number of benzene rings is 1. The minimum Gasteiger partial charge on any atom is -0.328 e. The summed E-state index contributed by atoms with van der Waals surface area (Å²) in [5.74, 6) is 1.03. The maximum absolute atomic E-state index is 13.4. The van der Waals surface area contributed by atoms with Gasteiger partial charge in [-0.05, 0) is 37.3 Å². The fraction of sp³-hybridized carbons (Fsp3) is 0.0870. The highest BCUT2D eigenvalue weighted by Gasteiger charge is 2.36. The summed E-state index contributed by atoms with van der Waals surface area (Å²) in [7, 11) is 0. The highest BCUT2D eigenvalue weighted by molar-refractivity contribution is 6.42. The number of nitrogens with one attached hydrogen (secondary N) is 2. The molecule has 0 bridgehead atoms. The highest BCUT2D eigenvalue weighted by Crippen LogP contribution is 2.41. The fourth-order valence-corrected chi connectivity index (χ4v) is 4.11. The molecule has 5 rings (SSSR count). The number of hydrogen-bond acceptors (Lipinski definition) is 6. The second-order valence-corrected chi connectivity index (χ2v) is 8.11. The van der Waals surface area contributed by atoms with Gasteiger partial charge in [0.25, 0.3) is 5.91 Å². The van der Waals surface area contributed by atoms with E-state index in [2.05, 4.69) is 25.6 Å². The number of aromatic nitrogens is 5. The maximum Gasteiger partial charge on any atom is 0.257 e. The zero-order valence-corrected chi connectivity index (χ0v) is 18.8. The lowest BCUT2D eigenvalue weighted by atomic mass is 9.95. The van der Waals surface area contributed by atoms with Crippen molar-refractivity contribution in [1.82, 2.24) is 24.7 Å². The summed E-state index contributed by atoms with van der Waals surface area (Å²) in [6, 6.07) is 13.6. The number of fused-ring (bicyclic) bond motifs is 1.